The van der Waals surface area contributed by atoms with Gasteiger partial charge < -0.3 is 14.2 Å². The number of carbonyl (C=O) groups is 3. The first-order chi connectivity index (χ1) is 22.1. The van der Waals surface area contributed by atoms with Crippen LogP contribution in [0.2, 0.25) is 0 Å². The standard InChI is InChI=1S/C25H17F3I3NO14S2/c26-25(27,28)16(7-47(38,39)40)44-24(35)17-10-6-12-20(46-48(41,42)21(12)17)19(10)45-22(33)8-1-2-14(32(36)37)15(3-8)43-23(34)11-4-9(29)5-13(30)18(11)31/h1-5,10,12,16-17,19-21H,6-7H2,(H,38,39,40). The summed E-state index contributed by atoms with van der Waals surface area (Å²) in [7, 11) is -9.91. The van der Waals surface area contributed by atoms with Crippen molar-refractivity contribution in [1.82, 2.24) is 0 Å². The minimum atomic E-state index is -5.46. The molecule has 1 heterocycles. The van der Waals surface area contributed by atoms with E-state index in [-0.39, 0.29) is 12.0 Å². The van der Waals surface area contributed by atoms with E-state index < -0.39 is 113 Å². The number of halogens is 6. The van der Waals surface area contributed by atoms with Crippen molar-refractivity contribution in [3.63, 3.8) is 0 Å². The Morgan fingerprint density at radius 2 is 1.77 bits per heavy atom. The van der Waals surface area contributed by atoms with Crippen LogP contribution in [0.25, 0.3) is 0 Å². The summed E-state index contributed by atoms with van der Waals surface area (Å²) in [6.07, 6.45) is -11.9. The molecule has 7 atom stereocenters. The van der Waals surface area contributed by atoms with Crippen molar-refractivity contribution in [3.05, 3.63) is 62.3 Å². The van der Waals surface area contributed by atoms with Gasteiger partial charge in [-0.05, 0) is 92.4 Å². The average molecular weight is 1060 g/mol. The predicted molar refractivity (Wildman–Crippen MR) is 177 cm³/mol. The van der Waals surface area contributed by atoms with E-state index in [2.05, 4.69) is 4.74 Å². The number of nitrogens with zero attached hydrogens (tertiary/aromatic N) is 1. The second kappa shape index (κ2) is 13.3. The van der Waals surface area contributed by atoms with Gasteiger partial charge in [0.25, 0.3) is 20.2 Å². The van der Waals surface area contributed by atoms with Gasteiger partial charge in [0.1, 0.15) is 23.2 Å². The molecule has 2 aromatic carbocycles. The minimum absolute atomic E-state index is 0.0765. The van der Waals surface area contributed by atoms with Crippen molar-refractivity contribution in [3.8, 4) is 5.75 Å². The summed E-state index contributed by atoms with van der Waals surface area (Å²) in [5.41, 5.74) is -1.04. The number of benzene rings is 2. The van der Waals surface area contributed by atoms with Gasteiger partial charge in [-0.1, -0.05) is 0 Å². The number of ether oxygens (including phenoxy) is 3. The lowest BCUT2D eigenvalue weighted by molar-refractivity contribution is -0.385. The number of nitro benzene ring substituents is 1. The lowest BCUT2D eigenvalue weighted by Crippen LogP contribution is -2.48. The van der Waals surface area contributed by atoms with Crippen molar-refractivity contribution in [2.45, 2.75) is 36.2 Å². The third-order valence-corrected chi connectivity index (χ3v) is 14.0. The molecule has 5 rings (SSSR count). The Morgan fingerprint density at radius 1 is 1.10 bits per heavy atom. The predicted octanol–water partition coefficient (Wildman–Crippen LogP) is 3.88. The highest BCUT2D eigenvalue weighted by Gasteiger charge is 2.72. The minimum Gasteiger partial charge on any atom is -0.456 e. The molecule has 1 N–H and O–H groups in total. The van der Waals surface area contributed by atoms with E-state index >= 15 is 0 Å². The van der Waals surface area contributed by atoms with Crippen LogP contribution >= 0.6 is 67.8 Å². The lowest BCUT2D eigenvalue weighted by atomic mass is 9.84. The molecule has 2 aromatic rings. The molecule has 0 aromatic heterocycles. The van der Waals surface area contributed by atoms with Gasteiger partial charge in [0, 0.05) is 34.7 Å². The Kier molecular flexibility index (Phi) is 10.3. The number of rotatable bonds is 9. The maximum atomic E-state index is 13.5. The Balaban J connectivity index is 1.41. The summed E-state index contributed by atoms with van der Waals surface area (Å²) in [4.78, 5) is 50.1. The fourth-order valence-corrected chi connectivity index (χ4v) is 11.1. The van der Waals surface area contributed by atoms with Gasteiger partial charge in [0.15, 0.2) is 0 Å². The monoisotopic (exact) mass is 1060 g/mol. The molecule has 15 nitrogen and oxygen atoms in total. The van der Waals surface area contributed by atoms with E-state index in [0.29, 0.717) is 10.7 Å². The van der Waals surface area contributed by atoms with Gasteiger partial charge in [-0.15, -0.1) is 0 Å². The zero-order valence-electron chi connectivity index (χ0n) is 23.1. The van der Waals surface area contributed by atoms with Crippen LogP contribution < -0.4 is 4.74 Å². The van der Waals surface area contributed by atoms with Crippen LogP contribution in [0.5, 0.6) is 5.75 Å². The first kappa shape index (κ1) is 37.3. The number of alkyl halides is 3. The van der Waals surface area contributed by atoms with E-state index in [1.807, 2.05) is 67.8 Å². The summed E-state index contributed by atoms with van der Waals surface area (Å²) in [6, 6.07) is 5.89. The van der Waals surface area contributed by atoms with E-state index in [1.54, 1.807) is 6.07 Å². The zero-order chi connectivity index (χ0) is 35.7. The van der Waals surface area contributed by atoms with Crippen molar-refractivity contribution in [2.75, 3.05) is 5.75 Å². The molecule has 7 unspecified atom stereocenters. The lowest BCUT2D eigenvalue weighted by Gasteiger charge is -2.31. The Bertz CT molecular complexity index is 1960. The Hall–Kier alpha value is -1.95. The smallest absolute Gasteiger partial charge is 0.426 e. The Morgan fingerprint density at radius 3 is 2.38 bits per heavy atom. The maximum Gasteiger partial charge on any atom is 0.426 e. The third kappa shape index (κ3) is 7.40. The molecule has 2 saturated carbocycles. The van der Waals surface area contributed by atoms with Crippen molar-refractivity contribution >= 4 is 112 Å². The largest absolute Gasteiger partial charge is 0.456 e. The van der Waals surface area contributed by atoms with Crippen LogP contribution in [0.15, 0.2) is 30.3 Å². The highest BCUT2D eigenvalue weighted by molar-refractivity contribution is 14.1. The number of esters is 3. The summed E-state index contributed by atoms with van der Waals surface area (Å²) in [5, 5.41) is 10.00. The molecule has 3 aliphatic rings. The number of nitro groups is 1. The maximum absolute atomic E-state index is 13.5. The molecule has 23 heteroatoms. The SMILES string of the molecule is O=C(OC1C2CC3C1OS(=O)(=O)C3C2C(=O)OC(CS(=O)(=O)O)C(F)(F)F)c1ccc([N+](=O)[O-])c(OC(=O)c2cc(I)cc(I)c2I)c1. The van der Waals surface area contributed by atoms with Gasteiger partial charge in [-0.25, -0.2) is 9.59 Å². The van der Waals surface area contributed by atoms with E-state index in [9.17, 15) is 54.5 Å². The number of hydrogen-bond donors (Lipinski definition) is 1. The molecular formula is C25H17F3I3NO14S2. The topological polar surface area (TPSA) is 220 Å². The molecule has 48 heavy (non-hydrogen) atoms. The van der Waals surface area contributed by atoms with E-state index in [1.165, 1.54) is 6.07 Å². The second-order valence-electron chi connectivity index (χ2n) is 10.8. The summed E-state index contributed by atoms with van der Waals surface area (Å²) in [6.45, 7) is 0. The normalized spacial score (nSPS) is 26.1. The molecule has 0 radical (unpaired) electrons. The summed E-state index contributed by atoms with van der Waals surface area (Å²) < 4.78 is 119. The first-order valence-corrected chi connectivity index (χ1v) is 19.4. The van der Waals surface area contributed by atoms with Crippen molar-refractivity contribution in [1.29, 1.82) is 0 Å². The van der Waals surface area contributed by atoms with Crippen molar-refractivity contribution < 1.29 is 72.3 Å². The summed E-state index contributed by atoms with van der Waals surface area (Å²) in [5.74, 6) is -10.9. The average Bonchev–Trinajstić information content (AvgIpc) is 3.56. The van der Waals surface area contributed by atoms with E-state index in [0.717, 1.165) is 18.2 Å². The third-order valence-electron chi connectivity index (χ3n) is 7.84. The number of carbonyl (C=O) groups excluding carboxylic acids is 3. The fraction of sp³-hybridized carbons (Fsp3) is 0.400. The fourth-order valence-electron chi connectivity index (χ4n) is 5.98. The Labute approximate surface area is 309 Å². The molecule has 2 bridgehead atoms. The quantitative estimate of drug-likeness (QED) is 0.0551. The molecule has 1 saturated heterocycles. The van der Waals surface area contributed by atoms with Crippen LogP contribution in [-0.4, -0.2) is 79.7 Å². The molecule has 260 valence electrons. The van der Waals surface area contributed by atoms with Crippen LogP contribution in [-0.2, 0) is 38.7 Å². The first-order valence-electron chi connectivity index (χ1n) is 13.1. The molecule has 0 spiro atoms. The van der Waals surface area contributed by atoms with Crippen molar-refractivity contribution in [2.24, 2.45) is 17.8 Å². The molecular weight excluding hydrogens is 1040 g/mol. The summed E-state index contributed by atoms with van der Waals surface area (Å²) >= 11 is 5.83. The van der Waals surface area contributed by atoms with Gasteiger partial charge in [-0.2, -0.15) is 30.0 Å². The van der Waals surface area contributed by atoms with Gasteiger partial charge in [0.2, 0.25) is 11.9 Å². The van der Waals surface area contributed by atoms with E-state index in [4.69, 9.17) is 18.2 Å². The van der Waals surface area contributed by atoms with Gasteiger partial charge in [0.05, 0.1) is 22.0 Å². The zero-order valence-corrected chi connectivity index (χ0v) is 31.2. The van der Waals surface area contributed by atoms with Crippen LogP contribution in [0.4, 0.5) is 18.9 Å². The van der Waals surface area contributed by atoms with Crippen LogP contribution in [0.1, 0.15) is 27.1 Å². The highest BCUT2D eigenvalue weighted by Crippen LogP contribution is 2.59. The second-order valence-corrected chi connectivity index (χ2v) is 17.5. The number of hydrogen-bond acceptors (Lipinski definition) is 13. The molecule has 2 aliphatic carbocycles. The molecule has 1 aliphatic heterocycles. The number of fused-ring (bicyclic) bond motifs is 1. The molecule has 3 fully saturated rings. The van der Waals surface area contributed by atoms with Crippen LogP contribution in [0.3, 0.4) is 0 Å². The highest BCUT2D eigenvalue weighted by atomic mass is 127. The van der Waals surface area contributed by atoms with Gasteiger partial charge >= 0.3 is 29.8 Å². The van der Waals surface area contributed by atoms with Crippen LogP contribution in [0, 0.1) is 38.6 Å². The molecule has 0 amide bonds. The van der Waals surface area contributed by atoms with Gasteiger partial charge in [-0.3, -0.25) is 23.6 Å².